The predicted molar refractivity (Wildman–Crippen MR) is 378 cm³/mol. The number of furan rings is 3. The number of benzene rings is 9. The Hall–Kier alpha value is -13.1. The molecule has 0 spiro atoms. The van der Waals surface area contributed by atoms with Crippen molar-refractivity contribution in [1.82, 2.24) is 59.8 Å². The van der Waals surface area contributed by atoms with E-state index in [4.69, 9.17) is 28.2 Å². The van der Waals surface area contributed by atoms with Crippen LogP contribution in [-0.2, 0) is 0 Å². The first-order chi connectivity index (χ1) is 47.2. The standard InChI is InChI=1S/3C27H18N4O/c1-17-29-26(19-8-4-7-18(15-19)20-9-6-14-28-16-20)31-27(30-17)22-11-5-13-24-25(22)21-10-2-3-12-23(21)32-24;1-17-29-26(19-7-4-6-18(14-19)21-8-5-13-28-16-21)31-27(30-17)20-11-12-25-23(15-20)22-9-2-3-10-24(22)32-25;1-17-29-26(19-7-4-6-18(14-19)21-8-5-13-28-16-21)31-27(30-17)20-11-12-23-22-9-2-3-10-24(22)32-25(23)15-20/h3*2-16H,1H3. The molecule has 0 aliphatic carbocycles. The van der Waals surface area contributed by atoms with Gasteiger partial charge in [-0.3, -0.25) is 15.0 Å². The third-order valence-corrected chi connectivity index (χ3v) is 16.5. The van der Waals surface area contributed by atoms with Gasteiger partial charge in [-0.05, 0) is 128 Å². The highest BCUT2D eigenvalue weighted by Gasteiger charge is 2.19. The maximum Gasteiger partial charge on any atom is 0.164 e. The number of aromatic nitrogens is 12. The maximum absolute atomic E-state index is 6.05. The molecule has 9 aromatic heterocycles. The number of pyridine rings is 3. The van der Waals surface area contributed by atoms with Crippen molar-refractivity contribution < 1.29 is 13.3 Å². The fourth-order valence-corrected chi connectivity index (χ4v) is 12.0. The lowest BCUT2D eigenvalue weighted by atomic mass is 10.0. The number of para-hydroxylation sites is 3. The highest BCUT2D eigenvalue weighted by Crippen LogP contribution is 2.38. The molecule has 15 nitrogen and oxygen atoms in total. The van der Waals surface area contributed by atoms with Crippen molar-refractivity contribution in [1.29, 1.82) is 0 Å². The zero-order chi connectivity index (χ0) is 64.5. The first-order valence-electron chi connectivity index (χ1n) is 31.2. The topological polar surface area (TPSA) is 194 Å². The summed E-state index contributed by atoms with van der Waals surface area (Å²) in [5.41, 5.74) is 17.0. The molecule has 0 N–H and O–H groups in total. The van der Waals surface area contributed by atoms with Crippen LogP contribution in [0.25, 0.3) is 168 Å². The van der Waals surface area contributed by atoms with Gasteiger partial charge in [-0.15, -0.1) is 0 Å². The van der Waals surface area contributed by atoms with Crippen molar-refractivity contribution in [3.8, 4) is 102 Å². The Balaban J connectivity index is 0.000000113. The molecule has 0 aliphatic heterocycles. The molecular weight excluding hydrogens is 1190 g/mol. The highest BCUT2D eigenvalue weighted by molar-refractivity contribution is 6.12. The summed E-state index contributed by atoms with van der Waals surface area (Å²) in [5, 5.41) is 6.39. The van der Waals surface area contributed by atoms with Gasteiger partial charge in [0.15, 0.2) is 34.9 Å². The Labute approximate surface area is 549 Å². The van der Waals surface area contributed by atoms with Gasteiger partial charge in [-0.25, -0.2) is 44.9 Å². The second-order valence-corrected chi connectivity index (χ2v) is 23.0. The van der Waals surface area contributed by atoms with Crippen molar-refractivity contribution >= 4 is 65.8 Å². The van der Waals surface area contributed by atoms with Gasteiger partial charge in [-0.2, -0.15) is 0 Å². The molecule has 0 bridgehead atoms. The summed E-state index contributed by atoms with van der Waals surface area (Å²) in [6, 6.07) is 78.8. The van der Waals surface area contributed by atoms with E-state index in [2.05, 4.69) is 112 Å². The van der Waals surface area contributed by atoms with Crippen LogP contribution in [0.5, 0.6) is 0 Å². The number of nitrogens with zero attached hydrogens (tertiary/aromatic N) is 12. The molecule has 0 amide bonds. The normalized spacial score (nSPS) is 11.3. The lowest BCUT2D eigenvalue weighted by molar-refractivity contribution is 0.668. The van der Waals surface area contributed by atoms with E-state index in [1.54, 1.807) is 18.6 Å². The number of fused-ring (bicyclic) bond motifs is 9. The minimum atomic E-state index is 0.627. The average molecular weight is 1240 g/mol. The van der Waals surface area contributed by atoms with Crippen LogP contribution in [0.2, 0.25) is 0 Å². The summed E-state index contributed by atoms with van der Waals surface area (Å²) in [5.74, 6) is 5.85. The monoisotopic (exact) mass is 1240 g/mol. The number of rotatable bonds is 9. The Morgan fingerprint density at radius 3 is 1.06 bits per heavy atom. The first-order valence-corrected chi connectivity index (χ1v) is 31.2. The third-order valence-electron chi connectivity index (χ3n) is 16.5. The van der Waals surface area contributed by atoms with Crippen LogP contribution in [0, 0.1) is 20.8 Å². The molecule has 9 aromatic carbocycles. The fourth-order valence-electron chi connectivity index (χ4n) is 12.0. The van der Waals surface area contributed by atoms with E-state index in [0.29, 0.717) is 52.4 Å². The summed E-state index contributed by atoms with van der Waals surface area (Å²) in [6.07, 6.45) is 10.9. The van der Waals surface area contributed by atoms with Crippen LogP contribution in [0.15, 0.2) is 287 Å². The fraction of sp³-hybridized carbons (Fsp3) is 0.0370. The van der Waals surface area contributed by atoms with E-state index in [1.165, 1.54) is 0 Å². The Morgan fingerprint density at radius 2 is 0.562 bits per heavy atom. The second kappa shape index (κ2) is 25.2. The van der Waals surface area contributed by atoms with Gasteiger partial charge in [-0.1, -0.05) is 146 Å². The van der Waals surface area contributed by atoms with Gasteiger partial charge in [0.05, 0.1) is 0 Å². The molecule has 18 aromatic rings. The smallest absolute Gasteiger partial charge is 0.164 e. The molecule has 18 rings (SSSR count). The van der Waals surface area contributed by atoms with Crippen LogP contribution >= 0.6 is 0 Å². The van der Waals surface area contributed by atoms with Crippen molar-refractivity contribution in [3.63, 3.8) is 0 Å². The lowest BCUT2D eigenvalue weighted by Gasteiger charge is -2.08. The minimum absolute atomic E-state index is 0.627. The van der Waals surface area contributed by atoms with E-state index in [0.717, 1.165) is 133 Å². The van der Waals surface area contributed by atoms with E-state index in [-0.39, 0.29) is 0 Å². The van der Waals surface area contributed by atoms with Crippen LogP contribution in [0.4, 0.5) is 0 Å². The number of aryl methyl sites for hydroxylation is 3. The van der Waals surface area contributed by atoms with Crippen molar-refractivity contribution in [2.24, 2.45) is 0 Å². The maximum atomic E-state index is 6.05. The second-order valence-electron chi connectivity index (χ2n) is 23.0. The highest BCUT2D eigenvalue weighted by atomic mass is 16.3. The molecular formula is C81H54N12O3. The Morgan fingerprint density at radius 1 is 0.219 bits per heavy atom. The van der Waals surface area contributed by atoms with E-state index >= 15 is 0 Å². The van der Waals surface area contributed by atoms with Gasteiger partial charge in [0.25, 0.3) is 0 Å². The summed E-state index contributed by atoms with van der Waals surface area (Å²) in [6.45, 7) is 5.68. The molecule has 0 aliphatic rings. The number of hydrogen-bond donors (Lipinski definition) is 0. The van der Waals surface area contributed by atoms with E-state index in [1.807, 2.05) is 209 Å². The summed E-state index contributed by atoms with van der Waals surface area (Å²) in [4.78, 5) is 54.9. The predicted octanol–water partition coefficient (Wildman–Crippen LogP) is 19.4. The molecule has 9 heterocycles. The zero-order valence-corrected chi connectivity index (χ0v) is 52.1. The molecule has 15 heteroatoms. The molecule has 456 valence electrons. The van der Waals surface area contributed by atoms with Crippen molar-refractivity contribution in [3.05, 3.63) is 291 Å². The molecule has 0 saturated carbocycles. The summed E-state index contributed by atoms with van der Waals surface area (Å²) < 4.78 is 18.1. The molecule has 96 heavy (non-hydrogen) atoms. The molecule has 0 radical (unpaired) electrons. The molecule has 0 atom stereocenters. The first kappa shape index (κ1) is 58.0. The number of hydrogen-bond acceptors (Lipinski definition) is 15. The van der Waals surface area contributed by atoms with Crippen molar-refractivity contribution in [2.75, 3.05) is 0 Å². The molecule has 0 unspecified atom stereocenters. The quantitative estimate of drug-likeness (QED) is 0.132. The Kier molecular flexibility index (Phi) is 15.2. The lowest BCUT2D eigenvalue weighted by Crippen LogP contribution is -2.00. The van der Waals surface area contributed by atoms with Crippen LogP contribution in [0.3, 0.4) is 0 Å². The van der Waals surface area contributed by atoms with Gasteiger partial charge >= 0.3 is 0 Å². The van der Waals surface area contributed by atoms with Crippen LogP contribution in [0.1, 0.15) is 17.5 Å². The van der Waals surface area contributed by atoms with Gasteiger partial charge in [0, 0.05) is 120 Å². The third kappa shape index (κ3) is 11.7. The van der Waals surface area contributed by atoms with Gasteiger partial charge in [0.1, 0.15) is 51.0 Å². The molecule has 0 saturated heterocycles. The summed E-state index contributed by atoms with van der Waals surface area (Å²) in [7, 11) is 0. The Bertz CT molecular complexity index is 5910. The zero-order valence-electron chi connectivity index (χ0n) is 52.1. The van der Waals surface area contributed by atoms with E-state index < -0.39 is 0 Å². The average Bonchev–Trinajstić information content (AvgIpc) is 1.58. The van der Waals surface area contributed by atoms with Gasteiger partial charge < -0.3 is 13.3 Å². The van der Waals surface area contributed by atoms with Gasteiger partial charge in [0.2, 0.25) is 0 Å². The van der Waals surface area contributed by atoms with Crippen molar-refractivity contribution in [2.45, 2.75) is 20.8 Å². The minimum Gasteiger partial charge on any atom is -0.456 e. The van der Waals surface area contributed by atoms with E-state index in [9.17, 15) is 0 Å². The van der Waals surface area contributed by atoms with Crippen LogP contribution in [-0.4, -0.2) is 59.8 Å². The van der Waals surface area contributed by atoms with Crippen LogP contribution < -0.4 is 0 Å². The largest absolute Gasteiger partial charge is 0.456 e. The summed E-state index contributed by atoms with van der Waals surface area (Å²) >= 11 is 0. The SMILES string of the molecule is Cc1nc(-c2cccc(-c3cccnc3)c2)nc(-c2ccc3c(c2)oc2ccccc23)n1.Cc1nc(-c2cccc(-c3cccnc3)c2)nc(-c2ccc3oc4ccccc4c3c2)n1.Cc1nc(-c2cccc(-c3cccnc3)c2)nc(-c2cccc3oc4ccccc4c23)n1. The molecule has 0 fully saturated rings.